The number of hydrogen-bond donors (Lipinski definition) is 2. The molecule has 5 nitrogen and oxygen atoms in total. The lowest BCUT2D eigenvalue weighted by molar-refractivity contribution is 1.11. The minimum absolute atomic E-state index is 0.515. The van der Waals surface area contributed by atoms with Crippen molar-refractivity contribution in [2.45, 2.75) is 13.8 Å². The summed E-state index contributed by atoms with van der Waals surface area (Å²) in [5.41, 5.74) is 4.29. The second-order valence-corrected chi connectivity index (χ2v) is 6.48. The van der Waals surface area contributed by atoms with Crippen LogP contribution in [-0.2, 0) is 0 Å². The minimum atomic E-state index is 0.515. The van der Waals surface area contributed by atoms with Gasteiger partial charge in [-0.15, -0.1) is 0 Å². The normalized spacial score (nSPS) is 10.2. The SMILES string of the molecule is Cc1cc(Nc2cccc(C#N)c2)nc(Nc2ccc(Br)c(C)c2)n1. The zero-order valence-electron chi connectivity index (χ0n) is 13.8. The van der Waals surface area contributed by atoms with Gasteiger partial charge in [0.15, 0.2) is 0 Å². The summed E-state index contributed by atoms with van der Waals surface area (Å²) in [6.45, 7) is 3.94. The van der Waals surface area contributed by atoms with Crippen molar-refractivity contribution in [2.24, 2.45) is 0 Å². The summed E-state index contributed by atoms with van der Waals surface area (Å²) in [6.07, 6.45) is 0. The number of anilines is 4. The summed E-state index contributed by atoms with van der Waals surface area (Å²) in [5.74, 6) is 1.18. The highest BCUT2D eigenvalue weighted by Gasteiger charge is 2.05. The highest BCUT2D eigenvalue weighted by atomic mass is 79.9. The van der Waals surface area contributed by atoms with Gasteiger partial charge < -0.3 is 10.6 Å². The molecule has 6 heteroatoms. The van der Waals surface area contributed by atoms with Crippen molar-refractivity contribution < 1.29 is 0 Å². The van der Waals surface area contributed by atoms with Crippen LogP contribution in [0.2, 0.25) is 0 Å². The summed E-state index contributed by atoms with van der Waals surface area (Å²) in [5, 5.41) is 15.4. The Kier molecular flexibility index (Phi) is 4.96. The fourth-order valence-electron chi connectivity index (χ4n) is 2.35. The van der Waals surface area contributed by atoms with E-state index in [-0.39, 0.29) is 0 Å². The molecule has 1 heterocycles. The van der Waals surface area contributed by atoms with Crippen LogP contribution in [-0.4, -0.2) is 9.97 Å². The number of benzene rings is 2. The number of nitrogens with one attached hydrogen (secondary N) is 2. The molecule has 3 aromatic rings. The van der Waals surface area contributed by atoms with E-state index in [1.807, 2.05) is 50.2 Å². The second-order valence-electron chi connectivity index (χ2n) is 5.62. The molecular formula is C19H16BrN5. The van der Waals surface area contributed by atoms with Crippen molar-refractivity contribution in [3.63, 3.8) is 0 Å². The van der Waals surface area contributed by atoms with Gasteiger partial charge in [-0.1, -0.05) is 22.0 Å². The molecule has 3 rings (SSSR count). The molecule has 0 bridgehead atoms. The predicted octanol–water partition coefficient (Wildman–Crippen LogP) is 5.21. The van der Waals surface area contributed by atoms with Gasteiger partial charge in [0, 0.05) is 27.6 Å². The predicted molar refractivity (Wildman–Crippen MR) is 103 cm³/mol. The topological polar surface area (TPSA) is 73.6 Å². The molecule has 0 spiro atoms. The van der Waals surface area contributed by atoms with Gasteiger partial charge in [0.1, 0.15) is 5.82 Å². The molecule has 0 saturated carbocycles. The Balaban J connectivity index is 1.84. The lowest BCUT2D eigenvalue weighted by Gasteiger charge is -2.11. The van der Waals surface area contributed by atoms with Crippen LogP contribution >= 0.6 is 15.9 Å². The first-order valence-corrected chi connectivity index (χ1v) is 8.49. The third-order valence-electron chi connectivity index (χ3n) is 3.53. The Morgan fingerprint density at radius 1 is 0.960 bits per heavy atom. The van der Waals surface area contributed by atoms with Crippen LogP contribution in [0.3, 0.4) is 0 Å². The molecular weight excluding hydrogens is 378 g/mol. The first-order valence-electron chi connectivity index (χ1n) is 7.69. The molecule has 25 heavy (non-hydrogen) atoms. The number of aryl methyl sites for hydroxylation is 2. The Bertz CT molecular complexity index is 962. The number of hydrogen-bond acceptors (Lipinski definition) is 5. The average Bonchev–Trinajstić information content (AvgIpc) is 2.58. The maximum Gasteiger partial charge on any atom is 0.229 e. The fraction of sp³-hybridized carbons (Fsp3) is 0.105. The van der Waals surface area contributed by atoms with E-state index < -0.39 is 0 Å². The number of halogens is 1. The van der Waals surface area contributed by atoms with Gasteiger partial charge in [0.05, 0.1) is 11.6 Å². The van der Waals surface area contributed by atoms with E-state index >= 15 is 0 Å². The smallest absolute Gasteiger partial charge is 0.229 e. The molecule has 124 valence electrons. The third kappa shape index (κ3) is 4.34. The Morgan fingerprint density at radius 2 is 1.76 bits per heavy atom. The molecule has 0 aliphatic rings. The van der Waals surface area contributed by atoms with E-state index in [0.29, 0.717) is 17.3 Å². The van der Waals surface area contributed by atoms with Crippen LogP contribution in [0.25, 0.3) is 0 Å². The van der Waals surface area contributed by atoms with Gasteiger partial charge in [-0.05, 0) is 55.8 Å². The standard InChI is InChI=1S/C19H16BrN5/c1-12-8-16(6-7-17(12)20)24-19-22-13(2)9-18(25-19)23-15-5-3-4-14(10-15)11-21/h3-10H,1-2H3,(H2,22,23,24,25). The van der Waals surface area contributed by atoms with E-state index in [1.54, 1.807) is 12.1 Å². The summed E-state index contributed by atoms with van der Waals surface area (Å²) in [6, 6.07) is 17.2. The molecule has 0 aliphatic heterocycles. The maximum absolute atomic E-state index is 9.01. The molecule has 0 atom stereocenters. The van der Waals surface area contributed by atoms with Crippen molar-refractivity contribution in [2.75, 3.05) is 10.6 Å². The van der Waals surface area contributed by atoms with Gasteiger partial charge in [0.25, 0.3) is 0 Å². The van der Waals surface area contributed by atoms with E-state index in [9.17, 15) is 0 Å². The molecule has 0 unspecified atom stereocenters. The van der Waals surface area contributed by atoms with Crippen LogP contribution < -0.4 is 10.6 Å². The second kappa shape index (κ2) is 7.32. The number of nitriles is 1. The minimum Gasteiger partial charge on any atom is -0.340 e. The molecule has 2 aromatic carbocycles. The first kappa shape index (κ1) is 16.9. The molecule has 1 aromatic heterocycles. The largest absolute Gasteiger partial charge is 0.340 e. The fourth-order valence-corrected chi connectivity index (χ4v) is 2.60. The van der Waals surface area contributed by atoms with Gasteiger partial charge in [-0.2, -0.15) is 10.2 Å². The van der Waals surface area contributed by atoms with Gasteiger partial charge in [0.2, 0.25) is 5.95 Å². The summed E-state index contributed by atoms with van der Waals surface area (Å²) >= 11 is 3.49. The summed E-state index contributed by atoms with van der Waals surface area (Å²) < 4.78 is 1.06. The van der Waals surface area contributed by atoms with Crippen molar-refractivity contribution in [1.29, 1.82) is 5.26 Å². The number of aromatic nitrogens is 2. The Morgan fingerprint density at radius 3 is 2.52 bits per heavy atom. The van der Waals surface area contributed by atoms with Crippen LogP contribution in [0, 0.1) is 25.2 Å². The van der Waals surface area contributed by atoms with E-state index in [0.717, 1.165) is 27.1 Å². The highest BCUT2D eigenvalue weighted by molar-refractivity contribution is 9.10. The summed E-state index contributed by atoms with van der Waals surface area (Å²) in [4.78, 5) is 8.93. The molecule has 0 aliphatic carbocycles. The van der Waals surface area contributed by atoms with Crippen molar-refractivity contribution in [3.8, 4) is 6.07 Å². The van der Waals surface area contributed by atoms with E-state index in [2.05, 4.69) is 42.6 Å². The van der Waals surface area contributed by atoms with E-state index in [1.165, 1.54) is 0 Å². The van der Waals surface area contributed by atoms with Crippen molar-refractivity contribution >= 4 is 39.1 Å². The van der Waals surface area contributed by atoms with Crippen LogP contribution in [0.15, 0.2) is 53.0 Å². The molecule has 0 fully saturated rings. The average molecular weight is 394 g/mol. The van der Waals surface area contributed by atoms with Crippen molar-refractivity contribution in [3.05, 3.63) is 69.8 Å². The van der Waals surface area contributed by atoms with Gasteiger partial charge in [-0.3, -0.25) is 0 Å². The van der Waals surface area contributed by atoms with Crippen LogP contribution in [0.4, 0.5) is 23.1 Å². The van der Waals surface area contributed by atoms with Crippen molar-refractivity contribution in [1.82, 2.24) is 9.97 Å². The maximum atomic E-state index is 9.01. The van der Waals surface area contributed by atoms with E-state index in [4.69, 9.17) is 5.26 Å². The zero-order chi connectivity index (χ0) is 17.8. The van der Waals surface area contributed by atoms with Gasteiger partial charge >= 0.3 is 0 Å². The van der Waals surface area contributed by atoms with Crippen LogP contribution in [0.1, 0.15) is 16.8 Å². The Hall–Kier alpha value is -2.91. The Labute approximate surface area is 154 Å². The molecule has 0 saturated heterocycles. The quantitative estimate of drug-likeness (QED) is 0.635. The highest BCUT2D eigenvalue weighted by Crippen LogP contribution is 2.23. The van der Waals surface area contributed by atoms with Crippen LogP contribution in [0.5, 0.6) is 0 Å². The number of nitrogens with zero attached hydrogens (tertiary/aromatic N) is 3. The third-order valence-corrected chi connectivity index (χ3v) is 4.42. The number of rotatable bonds is 4. The lowest BCUT2D eigenvalue weighted by Crippen LogP contribution is -2.02. The molecule has 2 N–H and O–H groups in total. The zero-order valence-corrected chi connectivity index (χ0v) is 15.4. The lowest BCUT2D eigenvalue weighted by atomic mass is 10.2. The molecule has 0 radical (unpaired) electrons. The monoisotopic (exact) mass is 393 g/mol. The summed E-state index contributed by atoms with van der Waals surface area (Å²) in [7, 11) is 0. The first-order chi connectivity index (χ1) is 12.0. The molecule has 0 amide bonds. The van der Waals surface area contributed by atoms with Gasteiger partial charge in [-0.25, -0.2) is 4.98 Å².